The lowest BCUT2D eigenvalue weighted by Gasteiger charge is -2.08. The van der Waals surface area contributed by atoms with Crippen molar-refractivity contribution in [2.24, 2.45) is 5.73 Å². The highest BCUT2D eigenvalue weighted by atomic mass is 32.2. The van der Waals surface area contributed by atoms with Gasteiger partial charge >= 0.3 is 6.03 Å². The molecule has 0 saturated carbocycles. The first-order valence-corrected chi connectivity index (χ1v) is 8.10. The summed E-state index contributed by atoms with van der Waals surface area (Å²) >= 11 is 0. The van der Waals surface area contributed by atoms with E-state index in [4.69, 9.17) is 5.73 Å². The molecular formula is C14H19N3O4S. The van der Waals surface area contributed by atoms with Gasteiger partial charge in [0.1, 0.15) is 0 Å². The van der Waals surface area contributed by atoms with Crippen LogP contribution in [-0.2, 0) is 21.4 Å². The van der Waals surface area contributed by atoms with E-state index in [0.29, 0.717) is 17.6 Å². The molecule has 0 saturated heterocycles. The highest BCUT2D eigenvalue weighted by Crippen LogP contribution is 2.11. The van der Waals surface area contributed by atoms with Crippen LogP contribution >= 0.6 is 0 Å². The lowest BCUT2D eigenvalue weighted by Crippen LogP contribution is -2.31. The minimum atomic E-state index is -3.92. The zero-order valence-electron chi connectivity index (χ0n) is 12.4. The summed E-state index contributed by atoms with van der Waals surface area (Å²) in [6, 6.07) is 5.11. The molecule has 0 spiro atoms. The Morgan fingerprint density at radius 3 is 2.32 bits per heavy atom. The second kappa shape index (κ2) is 7.60. The fraction of sp³-hybridized carbons (Fsp3) is 0.286. The van der Waals surface area contributed by atoms with Crippen molar-refractivity contribution in [3.63, 3.8) is 0 Å². The number of nitrogens with two attached hydrogens (primary N) is 1. The molecule has 3 amide bonds. The lowest BCUT2D eigenvalue weighted by atomic mass is 10.2. The summed E-state index contributed by atoms with van der Waals surface area (Å²) in [4.78, 5) is 22.3. The maximum atomic E-state index is 12.1. The molecule has 0 aliphatic rings. The summed E-state index contributed by atoms with van der Waals surface area (Å²) in [5, 5.41) is 2.39. The Morgan fingerprint density at radius 2 is 1.82 bits per heavy atom. The zero-order chi connectivity index (χ0) is 16.8. The topological polar surface area (TPSA) is 118 Å². The van der Waals surface area contributed by atoms with E-state index in [1.54, 1.807) is 13.0 Å². The van der Waals surface area contributed by atoms with Gasteiger partial charge in [-0.05, 0) is 31.0 Å². The Kier molecular flexibility index (Phi) is 6.11. The van der Waals surface area contributed by atoms with Gasteiger partial charge in [-0.2, -0.15) is 0 Å². The van der Waals surface area contributed by atoms with Gasteiger partial charge < -0.3 is 11.1 Å². The molecule has 0 heterocycles. The predicted octanol–water partition coefficient (Wildman–Crippen LogP) is 1.02. The standard InChI is InChI=1S/C14H19N3O4S/c1-3-4-10(2)13(18)17-22(20,21)12-7-5-11(6-8-12)9-16-14(15)19/h4-8H,3,9H2,1-2H3,(H,17,18)(H3,15,16,19)/b10-4+. The average Bonchev–Trinajstić information content (AvgIpc) is 2.45. The third kappa shape index (κ3) is 5.21. The molecule has 0 atom stereocenters. The number of amides is 3. The number of hydrogen-bond donors (Lipinski definition) is 3. The number of rotatable bonds is 6. The summed E-state index contributed by atoms with van der Waals surface area (Å²) in [7, 11) is -3.92. The molecule has 0 radical (unpaired) electrons. The van der Waals surface area contributed by atoms with Gasteiger partial charge in [0.2, 0.25) is 0 Å². The number of sulfonamides is 1. The Bertz CT molecular complexity index is 679. The van der Waals surface area contributed by atoms with Crippen LogP contribution < -0.4 is 15.8 Å². The largest absolute Gasteiger partial charge is 0.352 e. The van der Waals surface area contributed by atoms with Crippen LogP contribution in [0.25, 0.3) is 0 Å². The number of benzene rings is 1. The van der Waals surface area contributed by atoms with E-state index in [0.717, 1.165) is 0 Å². The van der Waals surface area contributed by atoms with E-state index < -0.39 is 22.0 Å². The molecule has 1 aromatic carbocycles. The summed E-state index contributed by atoms with van der Waals surface area (Å²) in [6.45, 7) is 3.59. The summed E-state index contributed by atoms with van der Waals surface area (Å²) in [6.07, 6.45) is 2.28. The van der Waals surface area contributed by atoms with Crippen LogP contribution in [0.15, 0.2) is 40.8 Å². The monoisotopic (exact) mass is 325 g/mol. The van der Waals surface area contributed by atoms with Crippen LogP contribution in [0.5, 0.6) is 0 Å². The van der Waals surface area contributed by atoms with E-state index in [9.17, 15) is 18.0 Å². The second-order valence-corrected chi connectivity index (χ2v) is 6.27. The highest BCUT2D eigenvalue weighted by molar-refractivity contribution is 7.90. The van der Waals surface area contributed by atoms with Gasteiger partial charge in [0.05, 0.1) is 4.90 Å². The minimum absolute atomic E-state index is 0.0343. The zero-order valence-corrected chi connectivity index (χ0v) is 13.2. The molecule has 0 aliphatic heterocycles. The van der Waals surface area contributed by atoms with Gasteiger partial charge in [-0.1, -0.05) is 25.1 Å². The van der Waals surface area contributed by atoms with Gasteiger partial charge in [0.25, 0.3) is 15.9 Å². The Hall–Kier alpha value is -2.35. The van der Waals surface area contributed by atoms with E-state index in [1.165, 1.54) is 24.3 Å². The SMILES string of the molecule is CC/C=C(\C)C(=O)NS(=O)(=O)c1ccc(CNC(N)=O)cc1. The number of hydrogen-bond acceptors (Lipinski definition) is 4. The third-order valence-electron chi connectivity index (χ3n) is 2.80. The van der Waals surface area contributed by atoms with Crippen molar-refractivity contribution in [3.8, 4) is 0 Å². The van der Waals surface area contributed by atoms with Crippen LogP contribution in [0.4, 0.5) is 4.79 Å². The lowest BCUT2D eigenvalue weighted by molar-refractivity contribution is -0.115. The van der Waals surface area contributed by atoms with Crippen LogP contribution in [0.3, 0.4) is 0 Å². The maximum Gasteiger partial charge on any atom is 0.312 e. The Morgan fingerprint density at radius 1 is 1.23 bits per heavy atom. The Labute approximate surface area is 129 Å². The molecule has 7 nitrogen and oxygen atoms in total. The van der Waals surface area contributed by atoms with Gasteiger partial charge in [0, 0.05) is 12.1 Å². The van der Waals surface area contributed by atoms with Crippen molar-refractivity contribution in [3.05, 3.63) is 41.5 Å². The van der Waals surface area contributed by atoms with Crippen LogP contribution in [0.2, 0.25) is 0 Å². The van der Waals surface area contributed by atoms with Crippen molar-refractivity contribution in [1.82, 2.24) is 10.0 Å². The van der Waals surface area contributed by atoms with Gasteiger partial charge in [-0.3, -0.25) is 4.79 Å². The van der Waals surface area contributed by atoms with Gasteiger partial charge in [-0.15, -0.1) is 0 Å². The number of carbonyl (C=O) groups is 2. The van der Waals surface area contributed by atoms with Crippen LogP contribution in [-0.4, -0.2) is 20.4 Å². The number of allylic oxidation sites excluding steroid dienone is 1. The maximum absolute atomic E-state index is 12.1. The molecule has 120 valence electrons. The number of carbonyl (C=O) groups excluding carboxylic acids is 2. The molecule has 0 fully saturated rings. The molecule has 1 aromatic rings. The molecule has 0 unspecified atom stereocenters. The predicted molar refractivity (Wildman–Crippen MR) is 82.2 cm³/mol. The Balaban J connectivity index is 2.83. The molecule has 0 aromatic heterocycles. The van der Waals surface area contributed by atoms with Crippen LogP contribution in [0.1, 0.15) is 25.8 Å². The fourth-order valence-corrected chi connectivity index (χ4v) is 2.65. The number of nitrogens with one attached hydrogen (secondary N) is 2. The van der Waals surface area contributed by atoms with Crippen molar-refractivity contribution in [1.29, 1.82) is 0 Å². The molecule has 0 bridgehead atoms. The highest BCUT2D eigenvalue weighted by Gasteiger charge is 2.18. The second-order valence-electron chi connectivity index (χ2n) is 4.59. The average molecular weight is 325 g/mol. The first-order chi connectivity index (χ1) is 10.3. The molecule has 1 rings (SSSR count). The van der Waals surface area contributed by atoms with E-state index in [2.05, 4.69) is 5.32 Å². The van der Waals surface area contributed by atoms with Crippen LogP contribution in [0, 0.1) is 0 Å². The third-order valence-corrected chi connectivity index (χ3v) is 4.14. The normalized spacial score (nSPS) is 11.8. The summed E-state index contributed by atoms with van der Waals surface area (Å²) < 4.78 is 26.2. The van der Waals surface area contributed by atoms with Crippen molar-refractivity contribution >= 4 is 22.0 Å². The van der Waals surface area contributed by atoms with E-state index >= 15 is 0 Å². The minimum Gasteiger partial charge on any atom is -0.352 e. The smallest absolute Gasteiger partial charge is 0.312 e. The first-order valence-electron chi connectivity index (χ1n) is 6.62. The quantitative estimate of drug-likeness (QED) is 0.676. The molecular weight excluding hydrogens is 306 g/mol. The van der Waals surface area contributed by atoms with Crippen molar-refractivity contribution < 1.29 is 18.0 Å². The fourth-order valence-electron chi connectivity index (χ4n) is 1.64. The van der Waals surface area contributed by atoms with Gasteiger partial charge in [-0.25, -0.2) is 17.9 Å². The number of urea groups is 1. The van der Waals surface area contributed by atoms with Gasteiger partial charge in [0.15, 0.2) is 0 Å². The molecule has 4 N–H and O–H groups in total. The van der Waals surface area contributed by atoms with Crippen molar-refractivity contribution in [2.75, 3.05) is 0 Å². The van der Waals surface area contributed by atoms with E-state index in [1.807, 2.05) is 11.6 Å². The van der Waals surface area contributed by atoms with E-state index in [-0.39, 0.29) is 11.4 Å². The number of primary amides is 1. The summed E-state index contributed by atoms with van der Waals surface area (Å²) in [5.41, 5.74) is 5.98. The van der Waals surface area contributed by atoms with Crippen molar-refractivity contribution in [2.45, 2.75) is 31.7 Å². The summed E-state index contributed by atoms with van der Waals surface area (Å²) in [5.74, 6) is -0.652. The molecule has 8 heteroatoms. The first kappa shape index (κ1) is 17.7. The molecule has 0 aliphatic carbocycles. The molecule has 22 heavy (non-hydrogen) atoms.